The second-order valence-corrected chi connectivity index (χ2v) is 2.52. The fourth-order valence-corrected chi connectivity index (χ4v) is 0.775. The lowest BCUT2D eigenvalue weighted by Gasteiger charge is -2.02. The summed E-state index contributed by atoms with van der Waals surface area (Å²) in [5.41, 5.74) is 6.61. The van der Waals surface area contributed by atoms with Crippen molar-refractivity contribution < 1.29 is 4.79 Å². The Kier molecular flexibility index (Phi) is 5.27. The number of allylic oxidation sites excluding steroid dienone is 2. The molecule has 0 aromatic heterocycles. The van der Waals surface area contributed by atoms with Crippen molar-refractivity contribution >= 4 is 12.1 Å². The molecule has 4 heteroatoms. The number of nitrogens with two attached hydrogens (primary N) is 1. The van der Waals surface area contributed by atoms with E-state index in [0.717, 1.165) is 12.0 Å². The average Bonchev–Trinajstić information content (AvgIpc) is 2.11. The van der Waals surface area contributed by atoms with Crippen LogP contribution in [0.5, 0.6) is 0 Å². The van der Waals surface area contributed by atoms with E-state index in [2.05, 4.69) is 5.32 Å². The molecule has 0 bridgehead atoms. The normalized spacial score (nSPS) is 12.5. The molecule has 4 N–H and O–H groups in total. The fourth-order valence-electron chi connectivity index (χ4n) is 0.775. The van der Waals surface area contributed by atoms with Crippen LogP contribution in [0.1, 0.15) is 20.3 Å². The molecular formula is C9H15N3O. The summed E-state index contributed by atoms with van der Waals surface area (Å²) in [7, 11) is 0. The third-order valence-corrected chi connectivity index (χ3v) is 1.43. The first kappa shape index (κ1) is 11.4. The van der Waals surface area contributed by atoms with Crippen LogP contribution in [0.25, 0.3) is 0 Å². The van der Waals surface area contributed by atoms with Crippen LogP contribution in [0.15, 0.2) is 23.5 Å². The maximum Gasteiger partial charge on any atom is 0.221 e. The summed E-state index contributed by atoms with van der Waals surface area (Å²) in [6.07, 6.45) is 4.96. The summed E-state index contributed by atoms with van der Waals surface area (Å²) in [6, 6.07) is 0. The zero-order valence-electron chi connectivity index (χ0n) is 7.92. The van der Waals surface area contributed by atoms with Crippen LogP contribution < -0.4 is 11.1 Å². The molecule has 0 aromatic rings. The third-order valence-electron chi connectivity index (χ3n) is 1.43. The Balaban J connectivity index is 4.52. The average molecular weight is 181 g/mol. The Morgan fingerprint density at radius 3 is 2.54 bits per heavy atom. The topological polar surface area (TPSA) is 79.0 Å². The summed E-state index contributed by atoms with van der Waals surface area (Å²) in [5, 5.41) is 9.58. The zero-order chi connectivity index (χ0) is 10.3. The first-order chi connectivity index (χ1) is 6.13. The van der Waals surface area contributed by atoms with Crippen LogP contribution in [0, 0.1) is 5.41 Å². The third kappa shape index (κ3) is 4.79. The molecule has 0 aromatic carbocycles. The highest BCUT2D eigenvalue weighted by molar-refractivity contribution is 5.79. The molecule has 0 atom stereocenters. The Labute approximate surface area is 78.0 Å². The van der Waals surface area contributed by atoms with Crippen LogP contribution >= 0.6 is 0 Å². The molecule has 72 valence electrons. The van der Waals surface area contributed by atoms with Crippen molar-refractivity contribution in [2.45, 2.75) is 20.3 Å². The monoisotopic (exact) mass is 181 g/mol. The van der Waals surface area contributed by atoms with Gasteiger partial charge in [0.15, 0.2) is 0 Å². The van der Waals surface area contributed by atoms with Crippen molar-refractivity contribution in [1.82, 2.24) is 5.32 Å². The molecule has 0 aliphatic rings. The summed E-state index contributed by atoms with van der Waals surface area (Å²) < 4.78 is 0. The van der Waals surface area contributed by atoms with Gasteiger partial charge in [0.2, 0.25) is 5.91 Å². The predicted octanol–water partition coefficient (Wildman–Crippen LogP) is 0.909. The van der Waals surface area contributed by atoms with Gasteiger partial charge in [0, 0.05) is 19.3 Å². The summed E-state index contributed by atoms with van der Waals surface area (Å²) in [4.78, 5) is 10.7. The van der Waals surface area contributed by atoms with Crippen molar-refractivity contribution in [1.29, 1.82) is 5.41 Å². The van der Waals surface area contributed by atoms with E-state index in [4.69, 9.17) is 11.1 Å². The first-order valence-corrected chi connectivity index (χ1v) is 4.04. The Morgan fingerprint density at radius 1 is 1.62 bits per heavy atom. The van der Waals surface area contributed by atoms with Gasteiger partial charge in [-0.1, -0.05) is 6.92 Å². The molecule has 0 unspecified atom stereocenters. The van der Waals surface area contributed by atoms with E-state index in [-0.39, 0.29) is 5.91 Å². The van der Waals surface area contributed by atoms with Crippen molar-refractivity contribution in [2.75, 3.05) is 0 Å². The van der Waals surface area contributed by atoms with Crippen LogP contribution in [-0.4, -0.2) is 12.1 Å². The summed E-state index contributed by atoms with van der Waals surface area (Å²) in [6.45, 7) is 3.34. The molecule has 0 saturated carbocycles. The number of carbonyl (C=O) groups excluding carboxylic acids is 1. The van der Waals surface area contributed by atoms with Crippen molar-refractivity contribution in [3.05, 3.63) is 23.5 Å². The smallest absolute Gasteiger partial charge is 0.221 e. The summed E-state index contributed by atoms with van der Waals surface area (Å²) in [5.74, 6) is -0.173. The van der Waals surface area contributed by atoms with Gasteiger partial charge >= 0.3 is 0 Å². The first-order valence-electron chi connectivity index (χ1n) is 4.04. The van der Waals surface area contributed by atoms with Gasteiger partial charge in [-0.05, 0) is 18.1 Å². The van der Waals surface area contributed by atoms with Crippen molar-refractivity contribution in [3.63, 3.8) is 0 Å². The molecule has 4 nitrogen and oxygen atoms in total. The standard InChI is InChI=1S/C9H15N3O/c1-3-8(5-10)4-9(6-11)12-7(2)13/h4-6,10H,3,11H2,1-2H3,(H,12,13)/b8-4-,9-6+,10-5?. The number of carbonyl (C=O) groups is 1. The molecule has 0 rings (SSSR count). The quantitative estimate of drug-likeness (QED) is 0.445. The molecule has 0 radical (unpaired) electrons. The van der Waals surface area contributed by atoms with E-state index in [1.54, 1.807) is 6.08 Å². The van der Waals surface area contributed by atoms with Crippen molar-refractivity contribution in [2.24, 2.45) is 5.73 Å². The van der Waals surface area contributed by atoms with Gasteiger partial charge in [-0.25, -0.2) is 0 Å². The molecule has 1 amide bonds. The minimum Gasteiger partial charge on any atom is -0.403 e. The zero-order valence-corrected chi connectivity index (χ0v) is 7.92. The van der Waals surface area contributed by atoms with Gasteiger partial charge < -0.3 is 16.5 Å². The second-order valence-electron chi connectivity index (χ2n) is 2.52. The SMILES string of the molecule is CC/C(C=N)=C/C(=C\N)NC(C)=O. The van der Waals surface area contributed by atoms with Gasteiger partial charge in [0.25, 0.3) is 0 Å². The van der Waals surface area contributed by atoms with Crippen LogP contribution in [0.3, 0.4) is 0 Å². The fraction of sp³-hybridized carbons (Fsp3) is 0.333. The van der Waals surface area contributed by atoms with Crippen LogP contribution in [-0.2, 0) is 4.79 Å². The Hall–Kier alpha value is -1.58. The van der Waals surface area contributed by atoms with E-state index in [1.807, 2.05) is 6.92 Å². The Bertz CT molecular complexity index is 254. The predicted molar refractivity (Wildman–Crippen MR) is 53.2 cm³/mol. The van der Waals surface area contributed by atoms with Gasteiger partial charge in [0.1, 0.15) is 0 Å². The lowest BCUT2D eigenvalue weighted by atomic mass is 10.2. The summed E-state index contributed by atoms with van der Waals surface area (Å²) >= 11 is 0. The highest BCUT2D eigenvalue weighted by Gasteiger charge is 1.96. The van der Waals surface area contributed by atoms with E-state index in [9.17, 15) is 4.79 Å². The highest BCUT2D eigenvalue weighted by atomic mass is 16.1. The van der Waals surface area contributed by atoms with Gasteiger partial charge in [-0.15, -0.1) is 0 Å². The lowest BCUT2D eigenvalue weighted by molar-refractivity contribution is -0.118. The molecule has 0 spiro atoms. The van der Waals surface area contributed by atoms with E-state index < -0.39 is 0 Å². The van der Waals surface area contributed by atoms with Crippen LogP contribution in [0.2, 0.25) is 0 Å². The number of hydrogen-bond acceptors (Lipinski definition) is 3. The molecule has 0 aliphatic heterocycles. The molecule has 0 heterocycles. The van der Waals surface area contributed by atoms with E-state index in [0.29, 0.717) is 5.70 Å². The number of rotatable bonds is 4. The second kappa shape index (κ2) is 5.99. The van der Waals surface area contributed by atoms with Crippen molar-refractivity contribution in [3.8, 4) is 0 Å². The van der Waals surface area contributed by atoms with E-state index >= 15 is 0 Å². The highest BCUT2D eigenvalue weighted by Crippen LogP contribution is 2.00. The molecule has 0 saturated heterocycles. The minimum atomic E-state index is -0.173. The minimum absolute atomic E-state index is 0.173. The molecule has 0 fully saturated rings. The number of hydrogen-bond donors (Lipinski definition) is 3. The maximum absolute atomic E-state index is 10.7. The lowest BCUT2D eigenvalue weighted by Crippen LogP contribution is -2.19. The molecule has 13 heavy (non-hydrogen) atoms. The molecule has 0 aliphatic carbocycles. The Morgan fingerprint density at radius 2 is 2.23 bits per heavy atom. The maximum atomic E-state index is 10.7. The number of nitrogens with one attached hydrogen (secondary N) is 2. The van der Waals surface area contributed by atoms with Gasteiger partial charge in [0.05, 0.1) is 5.70 Å². The molecular weight excluding hydrogens is 166 g/mol. The number of amides is 1. The van der Waals surface area contributed by atoms with E-state index in [1.165, 1.54) is 19.3 Å². The largest absolute Gasteiger partial charge is 0.403 e. The van der Waals surface area contributed by atoms with Gasteiger partial charge in [-0.3, -0.25) is 4.79 Å². The van der Waals surface area contributed by atoms with Crippen LogP contribution in [0.4, 0.5) is 0 Å². The van der Waals surface area contributed by atoms with Gasteiger partial charge in [-0.2, -0.15) is 0 Å².